The van der Waals surface area contributed by atoms with Gasteiger partial charge in [0.15, 0.2) is 28.8 Å². The number of hydrogen-bond donors (Lipinski definition) is 1. The second-order valence-electron chi connectivity index (χ2n) is 8.15. The summed E-state index contributed by atoms with van der Waals surface area (Å²) in [4.78, 5) is 16.2. The van der Waals surface area contributed by atoms with E-state index in [4.69, 9.17) is 18.9 Å². The molecule has 1 heterocycles. The average Bonchev–Trinajstić information content (AvgIpc) is 2.83. The van der Waals surface area contributed by atoms with Crippen LogP contribution in [0.2, 0.25) is 0 Å². The molecule has 2 aromatic rings. The third-order valence-electron chi connectivity index (χ3n) is 5.79. The van der Waals surface area contributed by atoms with E-state index in [0.29, 0.717) is 23.6 Å². The number of aliphatic hydroxyl groups is 1. The average molecular weight is 459 g/mol. The zero-order valence-electron chi connectivity index (χ0n) is 19.9. The summed E-state index contributed by atoms with van der Waals surface area (Å²) < 4.78 is 21.8. The van der Waals surface area contributed by atoms with Gasteiger partial charge in [-0.25, -0.2) is 0 Å². The highest BCUT2D eigenvalue weighted by molar-refractivity contribution is 5.94. The van der Waals surface area contributed by atoms with Crippen LogP contribution in [-0.4, -0.2) is 87.5 Å². The summed E-state index contributed by atoms with van der Waals surface area (Å²) in [6.07, 6.45) is -0.625. The molecule has 0 amide bonds. The molecule has 33 heavy (non-hydrogen) atoms. The Labute approximate surface area is 195 Å². The molecular weight excluding hydrogens is 424 g/mol. The van der Waals surface area contributed by atoms with Crippen LogP contribution in [0.3, 0.4) is 0 Å². The number of ketones is 1. The van der Waals surface area contributed by atoms with Crippen molar-refractivity contribution in [1.29, 1.82) is 0 Å². The van der Waals surface area contributed by atoms with Gasteiger partial charge in [-0.05, 0) is 42.8 Å². The van der Waals surface area contributed by atoms with Crippen molar-refractivity contribution in [3.05, 3.63) is 47.5 Å². The van der Waals surface area contributed by atoms with Crippen molar-refractivity contribution < 1.29 is 28.8 Å². The quantitative estimate of drug-likeness (QED) is 0.515. The number of carbonyl (C=O) groups excluding carboxylic acids is 1. The minimum atomic E-state index is -0.625. The summed E-state index contributed by atoms with van der Waals surface area (Å²) in [5.74, 6) is 2.43. The van der Waals surface area contributed by atoms with E-state index >= 15 is 0 Å². The van der Waals surface area contributed by atoms with Gasteiger partial charge >= 0.3 is 0 Å². The van der Waals surface area contributed by atoms with Gasteiger partial charge in [-0.1, -0.05) is 6.07 Å². The second-order valence-corrected chi connectivity index (χ2v) is 8.15. The summed E-state index contributed by atoms with van der Waals surface area (Å²) in [7, 11) is 4.81. The number of ether oxygens (including phenoxy) is 4. The SMILES string of the molecule is COc1ccc(CN2CCN(CC(O)COc3ccc(C(C)=O)cc3OC)CC2)cc1OC. The molecule has 1 fully saturated rings. The van der Waals surface area contributed by atoms with Crippen molar-refractivity contribution in [3.63, 3.8) is 0 Å². The molecule has 1 aliphatic heterocycles. The first-order valence-corrected chi connectivity index (χ1v) is 11.1. The summed E-state index contributed by atoms with van der Waals surface area (Å²) >= 11 is 0. The lowest BCUT2D eigenvalue weighted by atomic mass is 10.1. The fourth-order valence-corrected chi connectivity index (χ4v) is 3.91. The van der Waals surface area contributed by atoms with E-state index in [9.17, 15) is 9.90 Å². The van der Waals surface area contributed by atoms with Gasteiger partial charge in [0.25, 0.3) is 0 Å². The van der Waals surface area contributed by atoms with Crippen molar-refractivity contribution in [2.75, 3.05) is 60.7 Å². The number of Topliss-reactive ketones (excluding diaryl/α,β-unsaturated/α-hetero) is 1. The molecule has 1 N–H and O–H groups in total. The Morgan fingerprint density at radius 3 is 2.12 bits per heavy atom. The summed E-state index contributed by atoms with van der Waals surface area (Å²) in [5, 5.41) is 10.5. The zero-order valence-corrected chi connectivity index (χ0v) is 19.9. The Morgan fingerprint density at radius 1 is 0.879 bits per heavy atom. The van der Waals surface area contributed by atoms with Crippen LogP contribution in [0.5, 0.6) is 23.0 Å². The predicted octanol–water partition coefficient (Wildman–Crippen LogP) is 2.47. The number of benzene rings is 2. The van der Waals surface area contributed by atoms with Crippen LogP contribution in [0.1, 0.15) is 22.8 Å². The van der Waals surface area contributed by atoms with Crippen LogP contribution in [0.15, 0.2) is 36.4 Å². The highest BCUT2D eigenvalue weighted by atomic mass is 16.5. The maximum Gasteiger partial charge on any atom is 0.161 e. The molecule has 1 atom stereocenters. The third-order valence-corrected chi connectivity index (χ3v) is 5.79. The molecule has 8 nitrogen and oxygen atoms in total. The number of aliphatic hydroxyl groups excluding tert-OH is 1. The first-order valence-electron chi connectivity index (χ1n) is 11.1. The number of carbonyl (C=O) groups is 1. The lowest BCUT2D eigenvalue weighted by Gasteiger charge is -2.35. The van der Waals surface area contributed by atoms with E-state index in [0.717, 1.165) is 44.2 Å². The van der Waals surface area contributed by atoms with Gasteiger partial charge in [-0.3, -0.25) is 14.6 Å². The maximum atomic E-state index is 11.5. The maximum absolute atomic E-state index is 11.5. The Kier molecular flexibility index (Phi) is 8.94. The Balaban J connectivity index is 1.44. The highest BCUT2D eigenvalue weighted by Crippen LogP contribution is 2.29. The lowest BCUT2D eigenvalue weighted by Crippen LogP contribution is -2.48. The third kappa shape index (κ3) is 6.83. The molecular formula is C25H34N2O6. The molecule has 0 radical (unpaired) electrons. The van der Waals surface area contributed by atoms with Gasteiger partial charge in [-0.15, -0.1) is 0 Å². The van der Waals surface area contributed by atoms with E-state index < -0.39 is 6.10 Å². The van der Waals surface area contributed by atoms with Crippen molar-refractivity contribution in [2.24, 2.45) is 0 Å². The molecule has 8 heteroatoms. The van der Waals surface area contributed by atoms with E-state index in [2.05, 4.69) is 15.9 Å². The number of nitrogens with zero attached hydrogens (tertiary/aromatic N) is 2. The van der Waals surface area contributed by atoms with Crippen LogP contribution < -0.4 is 18.9 Å². The predicted molar refractivity (Wildman–Crippen MR) is 126 cm³/mol. The topological polar surface area (TPSA) is 80.7 Å². The molecule has 0 aliphatic carbocycles. The monoisotopic (exact) mass is 458 g/mol. The number of methoxy groups -OCH3 is 3. The van der Waals surface area contributed by atoms with Crippen molar-refractivity contribution in [3.8, 4) is 23.0 Å². The molecule has 0 bridgehead atoms. The van der Waals surface area contributed by atoms with E-state index in [1.54, 1.807) is 32.4 Å². The van der Waals surface area contributed by atoms with E-state index in [1.807, 2.05) is 12.1 Å². The van der Waals surface area contributed by atoms with Crippen molar-refractivity contribution >= 4 is 5.78 Å². The first-order chi connectivity index (χ1) is 15.9. The zero-order chi connectivity index (χ0) is 23.8. The molecule has 3 rings (SSSR count). The van der Waals surface area contributed by atoms with Crippen LogP contribution in [0, 0.1) is 0 Å². The normalized spacial score (nSPS) is 15.7. The number of β-amino-alcohol motifs (C(OH)–C–C–N with tert-alkyl or cyclic N) is 1. The van der Waals surface area contributed by atoms with Gasteiger partial charge in [0.2, 0.25) is 0 Å². The molecule has 0 saturated carbocycles. The molecule has 1 aliphatic rings. The second kappa shape index (κ2) is 11.9. The summed E-state index contributed by atoms with van der Waals surface area (Å²) in [6, 6.07) is 11.1. The summed E-state index contributed by atoms with van der Waals surface area (Å²) in [5.41, 5.74) is 1.74. The molecule has 0 spiro atoms. The standard InChI is InChI=1S/C25H34N2O6/c1-18(28)20-6-8-23(25(14-20)32-4)33-17-21(29)16-27-11-9-26(10-12-27)15-19-5-7-22(30-2)24(13-19)31-3/h5-8,13-14,21,29H,9-12,15-17H2,1-4H3. The van der Waals surface area contributed by atoms with Gasteiger partial charge in [0, 0.05) is 44.8 Å². The smallest absolute Gasteiger partial charge is 0.161 e. The number of hydrogen-bond acceptors (Lipinski definition) is 8. The van der Waals surface area contributed by atoms with E-state index in [1.165, 1.54) is 19.6 Å². The number of piperazine rings is 1. The Bertz CT molecular complexity index is 927. The van der Waals surface area contributed by atoms with Crippen molar-refractivity contribution in [2.45, 2.75) is 19.6 Å². The minimum Gasteiger partial charge on any atom is -0.493 e. The van der Waals surface area contributed by atoms with Crippen LogP contribution in [0.4, 0.5) is 0 Å². The lowest BCUT2D eigenvalue weighted by molar-refractivity contribution is 0.0440. The van der Waals surface area contributed by atoms with Crippen LogP contribution in [-0.2, 0) is 6.54 Å². The van der Waals surface area contributed by atoms with Gasteiger partial charge < -0.3 is 24.1 Å². The van der Waals surface area contributed by atoms with E-state index in [-0.39, 0.29) is 12.4 Å². The highest BCUT2D eigenvalue weighted by Gasteiger charge is 2.20. The molecule has 0 aromatic heterocycles. The minimum absolute atomic E-state index is 0.0369. The van der Waals surface area contributed by atoms with Gasteiger partial charge in [-0.2, -0.15) is 0 Å². The Hall–Kier alpha value is -2.81. The molecule has 1 unspecified atom stereocenters. The molecule has 180 valence electrons. The summed E-state index contributed by atoms with van der Waals surface area (Å²) in [6.45, 7) is 6.63. The Morgan fingerprint density at radius 2 is 1.48 bits per heavy atom. The first kappa shape index (κ1) is 24.8. The number of rotatable bonds is 11. The van der Waals surface area contributed by atoms with Crippen LogP contribution >= 0.6 is 0 Å². The van der Waals surface area contributed by atoms with Crippen molar-refractivity contribution in [1.82, 2.24) is 9.80 Å². The molecule has 1 saturated heterocycles. The molecule has 2 aromatic carbocycles. The fourth-order valence-electron chi connectivity index (χ4n) is 3.91. The fraction of sp³-hybridized carbons (Fsp3) is 0.480. The van der Waals surface area contributed by atoms with Crippen LogP contribution in [0.25, 0.3) is 0 Å². The van der Waals surface area contributed by atoms with Gasteiger partial charge in [0.05, 0.1) is 21.3 Å². The van der Waals surface area contributed by atoms with Gasteiger partial charge in [0.1, 0.15) is 12.7 Å². The largest absolute Gasteiger partial charge is 0.493 e.